The van der Waals surface area contributed by atoms with Gasteiger partial charge in [0.2, 0.25) is 0 Å². The van der Waals surface area contributed by atoms with Crippen molar-refractivity contribution in [3.8, 4) is 11.5 Å². The predicted molar refractivity (Wildman–Crippen MR) is 101 cm³/mol. The molecule has 0 unspecified atom stereocenters. The molecule has 0 atom stereocenters. The zero-order valence-corrected chi connectivity index (χ0v) is 15.9. The topological polar surface area (TPSA) is 82.1 Å². The van der Waals surface area contributed by atoms with E-state index in [1.54, 1.807) is 36.4 Å². The summed E-state index contributed by atoms with van der Waals surface area (Å²) < 4.78 is 15.4. The Bertz CT molecular complexity index is 950. The van der Waals surface area contributed by atoms with Gasteiger partial charge in [0.15, 0.2) is 18.2 Å². The maximum Gasteiger partial charge on any atom is 0.332 e. The average molecular weight is 402 g/mol. The second-order valence-electron chi connectivity index (χ2n) is 5.75. The standard InChI is InChI=1S/C20H16ClNO6/c1-26-16-10-12(9-15(21)18(16)27-2)7-8-17(23)28-11-22-19(24)13-5-3-4-6-14(13)20(22)25/h3-10H,11H2,1-2H3. The van der Waals surface area contributed by atoms with E-state index in [0.29, 0.717) is 33.2 Å². The molecule has 0 aliphatic carbocycles. The molecule has 1 aliphatic rings. The molecule has 0 fully saturated rings. The van der Waals surface area contributed by atoms with E-state index in [1.165, 1.54) is 20.3 Å². The maximum absolute atomic E-state index is 12.2. The van der Waals surface area contributed by atoms with E-state index >= 15 is 0 Å². The number of hydrogen-bond donors (Lipinski definition) is 0. The van der Waals surface area contributed by atoms with E-state index in [1.807, 2.05) is 0 Å². The van der Waals surface area contributed by atoms with Gasteiger partial charge in [0.1, 0.15) is 0 Å². The van der Waals surface area contributed by atoms with E-state index in [0.717, 1.165) is 11.0 Å². The van der Waals surface area contributed by atoms with Crippen LogP contribution in [-0.2, 0) is 9.53 Å². The lowest BCUT2D eigenvalue weighted by Crippen LogP contribution is -2.32. The minimum absolute atomic E-state index is 0.291. The third kappa shape index (κ3) is 3.70. The number of hydrogen-bond acceptors (Lipinski definition) is 6. The monoisotopic (exact) mass is 401 g/mol. The summed E-state index contributed by atoms with van der Waals surface area (Å²) in [7, 11) is 2.94. The van der Waals surface area contributed by atoms with E-state index < -0.39 is 24.5 Å². The lowest BCUT2D eigenvalue weighted by Gasteiger charge is -2.13. The minimum atomic E-state index is -0.720. The van der Waals surface area contributed by atoms with Crippen LogP contribution >= 0.6 is 11.6 Å². The highest BCUT2D eigenvalue weighted by atomic mass is 35.5. The lowest BCUT2D eigenvalue weighted by atomic mass is 10.1. The highest BCUT2D eigenvalue weighted by Crippen LogP contribution is 2.36. The summed E-state index contributed by atoms with van der Waals surface area (Å²) in [4.78, 5) is 37.3. The Labute approximate surface area is 166 Å². The molecule has 0 N–H and O–H groups in total. The van der Waals surface area contributed by atoms with Crippen LogP contribution < -0.4 is 9.47 Å². The lowest BCUT2D eigenvalue weighted by molar-refractivity contribution is -0.140. The Balaban J connectivity index is 1.65. The molecular weight excluding hydrogens is 386 g/mol. The van der Waals surface area contributed by atoms with Crippen molar-refractivity contribution in [3.05, 3.63) is 64.2 Å². The molecule has 2 amide bonds. The van der Waals surface area contributed by atoms with Crippen molar-refractivity contribution < 1.29 is 28.6 Å². The van der Waals surface area contributed by atoms with Crippen LogP contribution in [0.4, 0.5) is 0 Å². The van der Waals surface area contributed by atoms with Crippen molar-refractivity contribution >= 4 is 35.5 Å². The van der Waals surface area contributed by atoms with Gasteiger partial charge in [-0.2, -0.15) is 0 Å². The van der Waals surface area contributed by atoms with Crippen LogP contribution in [0.5, 0.6) is 11.5 Å². The summed E-state index contributed by atoms with van der Waals surface area (Å²) in [6.07, 6.45) is 2.63. The van der Waals surface area contributed by atoms with Gasteiger partial charge in [-0.3, -0.25) is 9.59 Å². The number of halogens is 1. The second kappa shape index (κ2) is 8.14. The Kier molecular flexibility index (Phi) is 5.65. The Morgan fingerprint density at radius 1 is 1.07 bits per heavy atom. The highest BCUT2D eigenvalue weighted by molar-refractivity contribution is 6.32. The van der Waals surface area contributed by atoms with Crippen LogP contribution in [0, 0.1) is 0 Å². The maximum atomic E-state index is 12.2. The molecule has 8 heteroatoms. The zero-order chi connectivity index (χ0) is 20.3. The molecule has 144 valence electrons. The summed E-state index contributed by atoms with van der Waals surface area (Å²) in [6, 6.07) is 9.67. The fourth-order valence-electron chi connectivity index (χ4n) is 2.73. The number of methoxy groups -OCH3 is 2. The van der Waals surface area contributed by atoms with Gasteiger partial charge in [-0.05, 0) is 35.9 Å². The number of imide groups is 1. The Morgan fingerprint density at radius 3 is 2.29 bits per heavy atom. The van der Waals surface area contributed by atoms with Crippen LogP contribution in [0.25, 0.3) is 6.08 Å². The molecule has 28 heavy (non-hydrogen) atoms. The Morgan fingerprint density at radius 2 is 1.71 bits per heavy atom. The fraction of sp³-hybridized carbons (Fsp3) is 0.150. The number of carbonyl (C=O) groups excluding carboxylic acids is 3. The number of amides is 2. The summed E-state index contributed by atoms with van der Waals surface area (Å²) in [5.41, 5.74) is 1.17. The number of benzene rings is 2. The zero-order valence-electron chi connectivity index (χ0n) is 15.1. The predicted octanol–water partition coefficient (Wildman–Crippen LogP) is 3.17. The summed E-state index contributed by atoms with van der Waals surface area (Å²) in [6.45, 7) is -0.470. The number of esters is 1. The number of nitrogens with zero attached hydrogens (tertiary/aromatic N) is 1. The molecule has 0 radical (unpaired) electrons. The number of fused-ring (bicyclic) bond motifs is 1. The average Bonchev–Trinajstić information content (AvgIpc) is 2.94. The first-order valence-electron chi connectivity index (χ1n) is 8.18. The first-order valence-corrected chi connectivity index (χ1v) is 8.55. The molecule has 0 saturated carbocycles. The van der Waals surface area contributed by atoms with E-state index in [9.17, 15) is 14.4 Å². The number of carbonyl (C=O) groups is 3. The van der Waals surface area contributed by atoms with Crippen LogP contribution in [-0.4, -0.2) is 43.6 Å². The molecular formula is C20H16ClNO6. The molecule has 0 spiro atoms. The number of rotatable bonds is 6. The summed E-state index contributed by atoms with van der Waals surface area (Å²) in [5.74, 6) is -0.917. The molecule has 0 bridgehead atoms. The van der Waals surface area contributed by atoms with Crippen LogP contribution in [0.1, 0.15) is 26.3 Å². The van der Waals surface area contributed by atoms with Crippen molar-refractivity contribution in [3.63, 3.8) is 0 Å². The third-order valence-corrected chi connectivity index (χ3v) is 4.36. The summed E-state index contributed by atoms with van der Waals surface area (Å²) >= 11 is 6.12. The second-order valence-corrected chi connectivity index (χ2v) is 6.16. The minimum Gasteiger partial charge on any atom is -0.493 e. The largest absolute Gasteiger partial charge is 0.493 e. The van der Waals surface area contributed by atoms with E-state index in [4.69, 9.17) is 25.8 Å². The van der Waals surface area contributed by atoms with Crippen molar-refractivity contribution in [1.29, 1.82) is 0 Å². The van der Waals surface area contributed by atoms with E-state index in [2.05, 4.69) is 0 Å². The van der Waals surface area contributed by atoms with Gasteiger partial charge in [-0.25, -0.2) is 9.69 Å². The molecule has 0 aromatic heterocycles. The summed E-state index contributed by atoms with van der Waals surface area (Å²) in [5, 5.41) is 0.320. The molecule has 2 aromatic carbocycles. The normalized spacial score (nSPS) is 13.0. The van der Waals surface area contributed by atoms with Crippen molar-refractivity contribution in [2.24, 2.45) is 0 Å². The van der Waals surface area contributed by atoms with E-state index in [-0.39, 0.29) is 0 Å². The first-order chi connectivity index (χ1) is 13.5. The van der Waals surface area contributed by atoms with Crippen molar-refractivity contribution in [2.75, 3.05) is 21.0 Å². The fourth-order valence-corrected chi connectivity index (χ4v) is 3.03. The molecule has 1 heterocycles. The van der Waals surface area contributed by atoms with Gasteiger partial charge in [0, 0.05) is 6.08 Å². The quantitative estimate of drug-likeness (QED) is 0.420. The smallest absolute Gasteiger partial charge is 0.332 e. The molecule has 0 saturated heterocycles. The van der Waals surface area contributed by atoms with Crippen molar-refractivity contribution in [2.45, 2.75) is 0 Å². The van der Waals surface area contributed by atoms with Gasteiger partial charge in [-0.1, -0.05) is 23.7 Å². The molecule has 7 nitrogen and oxygen atoms in total. The van der Waals surface area contributed by atoms with Crippen molar-refractivity contribution in [1.82, 2.24) is 4.90 Å². The van der Waals surface area contributed by atoms with Crippen LogP contribution in [0.15, 0.2) is 42.5 Å². The van der Waals surface area contributed by atoms with Gasteiger partial charge in [0.25, 0.3) is 11.8 Å². The van der Waals surface area contributed by atoms with Crippen LogP contribution in [0.3, 0.4) is 0 Å². The molecule has 2 aromatic rings. The van der Waals surface area contributed by atoms with Gasteiger partial charge >= 0.3 is 5.97 Å². The first kappa shape index (κ1) is 19.4. The van der Waals surface area contributed by atoms with Gasteiger partial charge < -0.3 is 14.2 Å². The van der Waals surface area contributed by atoms with Gasteiger partial charge in [-0.15, -0.1) is 0 Å². The molecule has 3 rings (SSSR count). The van der Waals surface area contributed by atoms with Gasteiger partial charge in [0.05, 0.1) is 30.4 Å². The SMILES string of the molecule is COc1cc(C=CC(=O)OCN2C(=O)c3ccccc3C2=O)cc(Cl)c1OC. The Hall–Kier alpha value is -3.32. The third-order valence-electron chi connectivity index (χ3n) is 4.08. The highest BCUT2D eigenvalue weighted by Gasteiger charge is 2.35. The van der Waals surface area contributed by atoms with Crippen LogP contribution in [0.2, 0.25) is 5.02 Å². The molecule has 1 aliphatic heterocycles. The number of ether oxygens (including phenoxy) is 3.